The molecule has 22 heavy (non-hydrogen) atoms. The lowest BCUT2D eigenvalue weighted by Gasteiger charge is -2.24. The van der Waals surface area contributed by atoms with Crippen molar-refractivity contribution in [3.63, 3.8) is 0 Å². The fraction of sp³-hybridized carbons (Fsp3) is 0.250. The first-order valence-corrected chi connectivity index (χ1v) is 6.98. The van der Waals surface area contributed by atoms with E-state index in [9.17, 15) is 4.79 Å². The second kappa shape index (κ2) is 6.44. The standard InChI is InChI=1S/C16H21N5O/c1-11-4-5-13(10-22)7-16(11)21(18)9-15(17)14-6-12(2)20(3)19-8-14/h4-10,12H,17-18H2,1-3H3/b15-9-. The van der Waals surface area contributed by atoms with Gasteiger partial charge in [0.1, 0.15) is 6.29 Å². The molecule has 1 heterocycles. The average molecular weight is 299 g/mol. The normalized spacial score (nSPS) is 18.2. The van der Waals surface area contributed by atoms with Gasteiger partial charge in [-0.2, -0.15) is 5.10 Å². The molecule has 1 aromatic carbocycles. The van der Waals surface area contributed by atoms with Gasteiger partial charge in [-0.25, -0.2) is 5.84 Å². The van der Waals surface area contributed by atoms with Crippen LogP contribution >= 0.6 is 0 Å². The minimum atomic E-state index is 0.165. The number of aldehydes is 1. The summed E-state index contributed by atoms with van der Waals surface area (Å²) in [4.78, 5) is 10.9. The van der Waals surface area contributed by atoms with Crippen LogP contribution in [0.3, 0.4) is 0 Å². The van der Waals surface area contributed by atoms with Crippen molar-refractivity contribution in [2.75, 3.05) is 12.1 Å². The molecule has 1 aliphatic heterocycles. The highest BCUT2D eigenvalue weighted by atomic mass is 16.1. The molecule has 1 aliphatic rings. The van der Waals surface area contributed by atoms with Crippen molar-refractivity contribution in [1.29, 1.82) is 0 Å². The molecule has 1 atom stereocenters. The maximum atomic E-state index is 10.9. The molecule has 0 fully saturated rings. The van der Waals surface area contributed by atoms with Gasteiger partial charge < -0.3 is 5.73 Å². The van der Waals surface area contributed by atoms with Crippen molar-refractivity contribution in [1.82, 2.24) is 5.01 Å². The Hall–Kier alpha value is -2.60. The maximum Gasteiger partial charge on any atom is 0.150 e. The van der Waals surface area contributed by atoms with Gasteiger partial charge in [0.2, 0.25) is 0 Å². The maximum absolute atomic E-state index is 10.9. The van der Waals surface area contributed by atoms with E-state index in [0.29, 0.717) is 11.3 Å². The molecule has 116 valence electrons. The Balaban J connectivity index is 2.27. The minimum Gasteiger partial charge on any atom is -0.397 e. The predicted octanol–water partition coefficient (Wildman–Crippen LogP) is 1.53. The van der Waals surface area contributed by atoms with Gasteiger partial charge in [0.15, 0.2) is 0 Å². The fourth-order valence-corrected chi connectivity index (χ4v) is 2.11. The summed E-state index contributed by atoms with van der Waals surface area (Å²) in [5.41, 5.74) is 9.70. The molecule has 0 aromatic heterocycles. The molecule has 0 radical (unpaired) electrons. The summed E-state index contributed by atoms with van der Waals surface area (Å²) in [7, 11) is 1.90. The number of carbonyl (C=O) groups excluding carboxylic acids is 1. The number of anilines is 1. The summed E-state index contributed by atoms with van der Waals surface area (Å²) in [6.45, 7) is 3.95. The van der Waals surface area contributed by atoms with Crippen molar-refractivity contribution in [3.8, 4) is 0 Å². The zero-order valence-corrected chi connectivity index (χ0v) is 13.0. The second-order valence-electron chi connectivity index (χ2n) is 5.34. The van der Waals surface area contributed by atoms with E-state index in [4.69, 9.17) is 11.6 Å². The Morgan fingerprint density at radius 2 is 2.18 bits per heavy atom. The van der Waals surface area contributed by atoms with Crippen molar-refractivity contribution >= 4 is 18.2 Å². The molecule has 1 unspecified atom stereocenters. The number of nitrogens with zero attached hydrogens (tertiary/aromatic N) is 3. The van der Waals surface area contributed by atoms with Crippen molar-refractivity contribution in [2.45, 2.75) is 19.9 Å². The summed E-state index contributed by atoms with van der Waals surface area (Å²) in [5, 5.41) is 7.52. The number of carbonyl (C=O) groups is 1. The van der Waals surface area contributed by atoms with Crippen LogP contribution in [0, 0.1) is 6.92 Å². The van der Waals surface area contributed by atoms with E-state index < -0.39 is 0 Å². The Morgan fingerprint density at radius 3 is 2.82 bits per heavy atom. The number of allylic oxidation sites excluding steroid dienone is 1. The summed E-state index contributed by atoms with van der Waals surface area (Å²) in [6.07, 6.45) is 6.14. The van der Waals surface area contributed by atoms with Crippen LogP contribution in [0.15, 0.2) is 46.8 Å². The van der Waals surface area contributed by atoms with E-state index >= 15 is 0 Å². The minimum absolute atomic E-state index is 0.165. The number of hydrogen-bond donors (Lipinski definition) is 2. The van der Waals surface area contributed by atoms with Gasteiger partial charge in [0.05, 0.1) is 23.6 Å². The number of benzene rings is 1. The highest BCUT2D eigenvalue weighted by Crippen LogP contribution is 2.20. The number of rotatable bonds is 4. The zero-order valence-electron chi connectivity index (χ0n) is 13.0. The van der Waals surface area contributed by atoms with E-state index in [1.165, 1.54) is 5.01 Å². The first-order valence-electron chi connectivity index (χ1n) is 6.98. The Labute approximate surface area is 130 Å². The van der Waals surface area contributed by atoms with Crippen LogP contribution in [-0.2, 0) is 0 Å². The molecule has 0 saturated heterocycles. The molecule has 0 amide bonds. The van der Waals surface area contributed by atoms with E-state index in [-0.39, 0.29) is 6.04 Å². The fourth-order valence-electron chi connectivity index (χ4n) is 2.11. The van der Waals surface area contributed by atoms with E-state index in [1.807, 2.05) is 38.0 Å². The lowest BCUT2D eigenvalue weighted by atomic mass is 10.1. The highest BCUT2D eigenvalue weighted by molar-refractivity contribution is 5.85. The number of hydrazine groups is 1. The van der Waals surface area contributed by atoms with Crippen LogP contribution in [-0.4, -0.2) is 30.6 Å². The lowest BCUT2D eigenvalue weighted by Crippen LogP contribution is -2.29. The molecule has 4 N–H and O–H groups in total. The zero-order chi connectivity index (χ0) is 16.3. The smallest absolute Gasteiger partial charge is 0.150 e. The molecule has 0 bridgehead atoms. The quantitative estimate of drug-likeness (QED) is 0.500. The number of hydrogen-bond acceptors (Lipinski definition) is 6. The summed E-state index contributed by atoms with van der Waals surface area (Å²) in [5.74, 6) is 6.07. The van der Waals surface area contributed by atoms with Gasteiger partial charge in [-0.3, -0.25) is 14.8 Å². The number of hydrazone groups is 1. The third-order valence-corrected chi connectivity index (χ3v) is 3.65. The van der Waals surface area contributed by atoms with Crippen molar-refractivity contribution in [3.05, 3.63) is 52.9 Å². The Kier molecular flexibility index (Phi) is 4.62. The van der Waals surface area contributed by atoms with Gasteiger partial charge in [0, 0.05) is 24.4 Å². The van der Waals surface area contributed by atoms with Crippen molar-refractivity contribution < 1.29 is 4.79 Å². The lowest BCUT2D eigenvalue weighted by molar-refractivity contribution is 0.112. The molecule has 0 spiro atoms. The highest BCUT2D eigenvalue weighted by Gasteiger charge is 2.12. The van der Waals surface area contributed by atoms with Crippen LogP contribution < -0.4 is 16.6 Å². The van der Waals surface area contributed by atoms with Crippen LogP contribution in [0.5, 0.6) is 0 Å². The van der Waals surface area contributed by atoms with Gasteiger partial charge in [0.25, 0.3) is 0 Å². The number of aryl methyl sites for hydroxylation is 1. The van der Waals surface area contributed by atoms with E-state index in [0.717, 1.165) is 23.1 Å². The third-order valence-electron chi connectivity index (χ3n) is 3.65. The summed E-state index contributed by atoms with van der Waals surface area (Å²) < 4.78 is 0. The Morgan fingerprint density at radius 1 is 1.45 bits per heavy atom. The van der Waals surface area contributed by atoms with Gasteiger partial charge >= 0.3 is 0 Å². The predicted molar refractivity (Wildman–Crippen MR) is 89.3 cm³/mol. The molecular weight excluding hydrogens is 278 g/mol. The largest absolute Gasteiger partial charge is 0.397 e. The molecule has 0 saturated carbocycles. The topological polar surface area (TPSA) is 87.9 Å². The van der Waals surface area contributed by atoms with Gasteiger partial charge in [-0.15, -0.1) is 0 Å². The van der Waals surface area contributed by atoms with Crippen LogP contribution in [0.2, 0.25) is 0 Å². The summed E-state index contributed by atoms with van der Waals surface area (Å²) >= 11 is 0. The molecule has 0 aliphatic carbocycles. The third kappa shape index (κ3) is 3.35. The molecule has 2 rings (SSSR count). The van der Waals surface area contributed by atoms with Crippen LogP contribution in [0.4, 0.5) is 5.69 Å². The van der Waals surface area contributed by atoms with Crippen LogP contribution in [0.1, 0.15) is 22.8 Å². The SMILES string of the molecule is Cc1ccc(C=O)cc1N(N)/C=C(\N)C1=CC(C)N(C)N=C1. The number of nitrogens with two attached hydrogens (primary N) is 2. The molecule has 6 heteroatoms. The van der Waals surface area contributed by atoms with E-state index in [1.54, 1.807) is 24.5 Å². The molecule has 6 nitrogen and oxygen atoms in total. The van der Waals surface area contributed by atoms with E-state index in [2.05, 4.69) is 5.10 Å². The second-order valence-corrected chi connectivity index (χ2v) is 5.34. The van der Waals surface area contributed by atoms with Gasteiger partial charge in [-0.05, 0) is 31.6 Å². The van der Waals surface area contributed by atoms with Gasteiger partial charge in [-0.1, -0.05) is 12.1 Å². The first-order chi connectivity index (χ1) is 10.4. The van der Waals surface area contributed by atoms with Crippen molar-refractivity contribution in [2.24, 2.45) is 16.7 Å². The average Bonchev–Trinajstić information content (AvgIpc) is 2.50. The molecular formula is C16H21N5O. The number of likely N-dealkylation sites (N-methyl/N-ethyl adjacent to an activating group) is 1. The first kappa shape index (κ1) is 15.8. The molecule has 1 aromatic rings. The Bertz CT molecular complexity index is 663. The monoisotopic (exact) mass is 299 g/mol. The van der Waals surface area contributed by atoms with Crippen LogP contribution in [0.25, 0.3) is 0 Å². The summed E-state index contributed by atoms with van der Waals surface area (Å²) in [6, 6.07) is 5.49.